The fourth-order valence-electron chi connectivity index (χ4n) is 7.61. The van der Waals surface area contributed by atoms with Gasteiger partial charge in [0.15, 0.2) is 25.0 Å². The first-order valence-corrected chi connectivity index (χ1v) is 19.6. The van der Waals surface area contributed by atoms with Crippen molar-refractivity contribution in [2.24, 2.45) is 0 Å². The highest BCUT2D eigenvalue weighted by atomic mass is 16.8. The zero-order valence-corrected chi connectivity index (χ0v) is 32.8. The second-order valence-corrected chi connectivity index (χ2v) is 14.8. The number of benzene rings is 2. The molecule has 4 aliphatic rings. The van der Waals surface area contributed by atoms with E-state index in [1.807, 2.05) is 0 Å². The Hall–Kier alpha value is -4.00. The number of unbranched alkanes of at least 4 members (excludes halogenated alkanes) is 2. The van der Waals surface area contributed by atoms with Crippen LogP contribution in [0.2, 0.25) is 0 Å². The molecule has 0 aliphatic carbocycles. The van der Waals surface area contributed by atoms with E-state index in [1.165, 1.54) is 38.3 Å². The third-order valence-electron chi connectivity index (χ3n) is 10.9. The number of ether oxygens (including phenoxy) is 8. The number of aliphatic hydroxyl groups is 7. The fraction of sp³-hybridized carbons (Fsp3) is 0.600. The van der Waals surface area contributed by atoms with Crippen molar-refractivity contribution in [3.8, 4) is 0 Å². The second-order valence-electron chi connectivity index (χ2n) is 14.8. The van der Waals surface area contributed by atoms with Crippen LogP contribution in [0.15, 0.2) is 54.6 Å². The van der Waals surface area contributed by atoms with Crippen LogP contribution < -0.4 is 0 Å². The van der Waals surface area contributed by atoms with Crippen molar-refractivity contribution in [1.82, 2.24) is 4.90 Å². The summed E-state index contributed by atoms with van der Waals surface area (Å²) in [4.78, 5) is 53.4. The molecule has 0 unspecified atom stereocenters. The van der Waals surface area contributed by atoms with Crippen LogP contribution in [0.1, 0.15) is 63.7 Å². The van der Waals surface area contributed by atoms with Crippen LogP contribution in [0.4, 0.5) is 0 Å². The zero-order chi connectivity index (χ0) is 43.2. The summed E-state index contributed by atoms with van der Waals surface area (Å²) in [5.74, 6) is -2.93. The van der Waals surface area contributed by atoms with Crippen LogP contribution in [0.5, 0.6) is 0 Å². The Balaban J connectivity index is 1.28. The average molecular weight is 850 g/mol. The normalized spacial score (nSPS) is 35.5. The molecule has 4 heterocycles. The van der Waals surface area contributed by atoms with E-state index in [0.717, 1.165) is 4.90 Å². The van der Waals surface area contributed by atoms with Crippen LogP contribution in [-0.2, 0) is 42.7 Å². The lowest BCUT2D eigenvalue weighted by atomic mass is 9.94. The molecule has 0 aromatic heterocycles. The van der Waals surface area contributed by atoms with Gasteiger partial charge in [0, 0.05) is 13.0 Å². The van der Waals surface area contributed by atoms with Gasteiger partial charge < -0.3 is 73.6 Å². The molecule has 0 saturated carbocycles. The molecule has 2 aromatic rings. The predicted octanol–water partition coefficient (Wildman–Crippen LogP) is -1.62. The smallest absolute Gasteiger partial charge is 0.338 e. The first kappa shape index (κ1) is 45.5. The third-order valence-corrected chi connectivity index (χ3v) is 10.9. The maximum atomic E-state index is 13.8. The van der Waals surface area contributed by atoms with E-state index in [2.05, 4.69) is 4.74 Å². The molecule has 3 fully saturated rings. The molecule has 20 nitrogen and oxygen atoms in total. The Morgan fingerprint density at radius 1 is 0.667 bits per heavy atom. The summed E-state index contributed by atoms with van der Waals surface area (Å²) in [6, 6.07) is 12.0. The first-order valence-electron chi connectivity index (χ1n) is 19.6. The predicted molar refractivity (Wildman–Crippen MR) is 198 cm³/mol. The molecule has 0 radical (unpaired) electrons. The quantitative estimate of drug-likeness (QED) is 0.0568. The first-order chi connectivity index (χ1) is 28.8. The van der Waals surface area contributed by atoms with Crippen molar-refractivity contribution in [2.45, 2.75) is 125 Å². The Kier molecular flexibility index (Phi) is 15.4. The molecule has 4 aliphatic heterocycles. The number of methoxy groups -OCH3 is 1. The highest BCUT2D eigenvalue weighted by Crippen LogP contribution is 2.37. The minimum Gasteiger partial charge on any atom is -0.469 e. The Morgan fingerprint density at radius 2 is 1.25 bits per heavy atom. The summed E-state index contributed by atoms with van der Waals surface area (Å²) in [5, 5.41) is 76.3. The summed E-state index contributed by atoms with van der Waals surface area (Å²) >= 11 is 0. The highest BCUT2D eigenvalue weighted by molar-refractivity contribution is 6.21. The van der Waals surface area contributed by atoms with Gasteiger partial charge >= 0.3 is 11.9 Å². The molecule has 2 aromatic carbocycles. The molecule has 0 spiro atoms. The van der Waals surface area contributed by atoms with Gasteiger partial charge in [0.1, 0.15) is 61.0 Å². The van der Waals surface area contributed by atoms with E-state index in [4.69, 9.17) is 33.2 Å². The van der Waals surface area contributed by atoms with E-state index in [1.54, 1.807) is 30.3 Å². The molecular weight excluding hydrogens is 798 g/mol. The molecule has 3 saturated heterocycles. The van der Waals surface area contributed by atoms with E-state index < -0.39 is 123 Å². The fourth-order valence-corrected chi connectivity index (χ4v) is 7.61. The lowest BCUT2D eigenvalue weighted by Gasteiger charge is -2.50. The van der Waals surface area contributed by atoms with Crippen LogP contribution in [0.25, 0.3) is 0 Å². The van der Waals surface area contributed by atoms with E-state index >= 15 is 0 Å². The Morgan fingerprint density at radius 3 is 1.87 bits per heavy atom. The number of carbonyl (C=O) groups excluding carboxylic acids is 4. The number of amides is 2. The number of hydrogen-bond acceptors (Lipinski definition) is 19. The van der Waals surface area contributed by atoms with E-state index in [0.29, 0.717) is 19.3 Å². The molecular formula is C40H51NO19. The van der Waals surface area contributed by atoms with Gasteiger partial charge in [0.25, 0.3) is 11.8 Å². The second kappa shape index (κ2) is 20.2. The molecule has 2 amide bonds. The molecule has 6 rings (SSSR count). The van der Waals surface area contributed by atoms with E-state index in [9.17, 15) is 54.9 Å². The van der Waals surface area contributed by atoms with Crippen molar-refractivity contribution < 1.29 is 92.8 Å². The van der Waals surface area contributed by atoms with Crippen LogP contribution >= 0.6 is 0 Å². The van der Waals surface area contributed by atoms with Crippen molar-refractivity contribution in [3.05, 3.63) is 71.3 Å². The summed E-state index contributed by atoms with van der Waals surface area (Å²) in [6.45, 7) is -0.344. The minimum absolute atomic E-state index is 0.0227. The summed E-state index contributed by atoms with van der Waals surface area (Å²) in [6.07, 6.45) is -21.7. The number of imide groups is 1. The molecule has 20 heteroatoms. The number of nitrogens with zero attached hydrogens (tertiary/aromatic N) is 1. The molecule has 330 valence electrons. The van der Waals surface area contributed by atoms with Crippen LogP contribution in [0.3, 0.4) is 0 Å². The van der Waals surface area contributed by atoms with Gasteiger partial charge in [-0.15, -0.1) is 0 Å². The van der Waals surface area contributed by atoms with Crippen LogP contribution in [0, 0.1) is 0 Å². The van der Waals surface area contributed by atoms with Crippen LogP contribution in [-0.4, -0.2) is 183 Å². The van der Waals surface area contributed by atoms with Crippen molar-refractivity contribution in [1.29, 1.82) is 0 Å². The molecule has 0 bridgehead atoms. The molecule has 7 N–H and O–H groups in total. The number of fused-ring (bicyclic) bond motifs is 1. The Bertz CT molecular complexity index is 1750. The van der Waals surface area contributed by atoms with E-state index in [-0.39, 0.29) is 35.7 Å². The van der Waals surface area contributed by atoms with Crippen molar-refractivity contribution in [3.63, 3.8) is 0 Å². The van der Waals surface area contributed by atoms with Gasteiger partial charge in [0.05, 0.1) is 43.1 Å². The highest BCUT2D eigenvalue weighted by Gasteiger charge is 2.58. The molecule has 15 atom stereocenters. The number of rotatable bonds is 16. The van der Waals surface area contributed by atoms with Gasteiger partial charge in [-0.2, -0.15) is 0 Å². The van der Waals surface area contributed by atoms with Gasteiger partial charge in [-0.25, -0.2) is 4.79 Å². The topological polar surface area (TPSA) is 287 Å². The van der Waals surface area contributed by atoms with Crippen molar-refractivity contribution >= 4 is 23.8 Å². The SMILES string of the molecule is COC(=O)CCCCCO[C@@H]1O[C@H](CO)[C@@H](O[C@@H]2O[C@H](CO)[C@H](O[C@@H]3O[C@@H](C)[C@@H](O)[C@@H](O)[C@@H]3O)[C@H](O)[C@H]2OC(=O)c2ccccc2)[C@H](O)[C@H]1N1C(=O)c2ccccc2C1=O. The third kappa shape index (κ3) is 9.55. The lowest BCUT2D eigenvalue weighted by molar-refractivity contribution is -0.373. The summed E-state index contributed by atoms with van der Waals surface area (Å²) in [7, 11) is 1.28. The number of esters is 2. The maximum absolute atomic E-state index is 13.8. The summed E-state index contributed by atoms with van der Waals surface area (Å²) in [5.41, 5.74) is 0.127. The largest absolute Gasteiger partial charge is 0.469 e. The van der Waals surface area contributed by atoms with Gasteiger partial charge in [-0.05, 0) is 44.0 Å². The molecule has 60 heavy (non-hydrogen) atoms. The number of carbonyl (C=O) groups is 4. The van der Waals surface area contributed by atoms with Gasteiger partial charge in [-0.1, -0.05) is 36.8 Å². The van der Waals surface area contributed by atoms with Crippen molar-refractivity contribution in [2.75, 3.05) is 26.9 Å². The zero-order valence-electron chi connectivity index (χ0n) is 32.8. The maximum Gasteiger partial charge on any atom is 0.338 e. The number of hydrogen-bond donors (Lipinski definition) is 7. The standard InChI is InChI=1S/C40H51NO19/c1-19-27(45)29(47)30(48)39(55-19)59-33-24(18-43)57-40(34(31(33)49)58-37(52)20-11-5-3-6-12-20)60-32-23(17-42)56-38(54-16-10-4-7-15-25(44)53-2)26(28(32)46)41-35(50)21-13-8-9-14-22(21)36(41)51/h3,5-6,8-9,11-14,19,23-24,26-34,38-40,42-43,45-49H,4,7,10,15-18H2,1-2H3/t19-,23+,24+,26+,27+,28+,29+,30-,31-,32+,33-,34+,38+,39-,40-/m0/s1. The van der Waals surface area contributed by atoms with Gasteiger partial charge in [-0.3, -0.25) is 19.3 Å². The minimum atomic E-state index is -1.96. The Labute approximate surface area is 344 Å². The van der Waals surface area contributed by atoms with Gasteiger partial charge in [0.2, 0.25) is 0 Å². The lowest BCUT2D eigenvalue weighted by Crippen LogP contribution is -2.69. The monoisotopic (exact) mass is 849 g/mol. The average Bonchev–Trinajstić information content (AvgIpc) is 3.51. The summed E-state index contributed by atoms with van der Waals surface area (Å²) < 4.78 is 46.1. The number of aliphatic hydroxyl groups excluding tert-OH is 7.